The second-order valence-electron chi connectivity index (χ2n) is 8.49. The molecule has 4 aromatic rings. The van der Waals surface area contributed by atoms with Gasteiger partial charge in [-0.2, -0.15) is 0 Å². The summed E-state index contributed by atoms with van der Waals surface area (Å²) in [4.78, 5) is 29.2. The lowest BCUT2D eigenvalue weighted by atomic mass is 10.0. The number of aryl methyl sites for hydroxylation is 1. The van der Waals surface area contributed by atoms with Crippen molar-refractivity contribution in [1.29, 1.82) is 0 Å². The molecule has 0 saturated heterocycles. The number of aromatic nitrogens is 1. The maximum absolute atomic E-state index is 14.0. The highest BCUT2D eigenvalue weighted by molar-refractivity contribution is 8.00. The number of fused-ring (bicyclic) bond motifs is 3. The van der Waals surface area contributed by atoms with Crippen molar-refractivity contribution in [3.8, 4) is 11.5 Å². The highest BCUT2D eigenvalue weighted by atomic mass is 32.2. The Hall–Kier alpha value is -3.91. The van der Waals surface area contributed by atoms with E-state index in [2.05, 4.69) is 9.88 Å². The molecule has 0 bridgehead atoms. The van der Waals surface area contributed by atoms with Gasteiger partial charge in [-0.3, -0.25) is 14.5 Å². The van der Waals surface area contributed by atoms with Gasteiger partial charge in [-0.15, -0.1) is 0 Å². The van der Waals surface area contributed by atoms with Gasteiger partial charge in [0.25, 0.3) is 0 Å². The fourth-order valence-electron chi connectivity index (χ4n) is 4.71. The molecule has 1 aliphatic heterocycles. The number of rotatable bonds is 6. The molecule has 1 N–H and O–H groups in total. The Labute approximate surface area is 214 Å². The summed E-state index contributed by atoms with van der Waals surface area (Å²) in [6, 6.07) is 22.1. The monoisotopic (exact) mass is 501 g/mol. The molecule has 36 heavy (non-hydrogen) atoms. The van der Waals surface area contributed by atoms with E-state index in [9.17, 15) is 9.59 Å². The van der Waals surface area contributed by atoms with Crippen LogP contribution in [0, 0.1) is 0 Å². The molecule has 1 aromatic heterocycles. The zero-order valence-electron chi connectivity index (χ0n) is 20.4. The lowest BCUT2D eigenvalue weighted by molar-refractivity contribution is -0.125. The van der Waals surface area contributed by atoms with Crippen LogP contribution in [-0.2, 0) is 23.2 Å². The average molecular weight is 502 g/mol. The minimum Gasteiger partial charge on any atom is -0.493 e. The number of carbonyl (C=O) groups excluding carboxylic acids is 2. The Morgan fingerprint density at radius 3 is 2.47 bits per heavy atom. The number of thioether (sulfide) groups is 1. The highest BCUT2D eigenvalue weighted by Gasteiger charge is 2.40. The number of nitrogens with one attached hydrogen (secondary N) is 1. The van der Waals surface area contributed by atoms with Gasteiger partial charge >= 0.3 is 0 Å². The van der Waals surface area contributed by atoms with Crippen LogP contribution in [0.4, 0.5) is 5.69 Å². The van der Waals surface area contributed by atoms with Crippen LogP contribution in [0.5, 0.6) is 11.5 Å². The first-order valence-electron chi connectivity index (χ1n) is 11.6. The first-order chi connectivity index (χ1) is 17.5. The van der Waals surface area contributed by atoms with E-state index in [0.717, 1.165) is 27.1 Å². The van der Waals surface area contributed by atoms with Gasteiger partial charge in [-0.1, -0.05) is 60.3 Å². The SMILES string of the molecule is COc1ccc(N2C(=O)CSc3c(c4ccccc4n3C)[C@@H]2C(=O)NCc2ccccc2)cc1OC. The van der Waals surface area contributed by atoms with Crippen LogP contribution < -0.4 is 19.7 Å². The lowest BCUT2D eigenvalue weighted by Crippen LogP contribution is -2.43. The average Bonchev–Trinajstić information content (AvgIpc) is 3.09. The number of amides is 2. The number of hydrogen-bond acceptors (Lipinski definition) is 5. The molecular formula is C28H27N3O4S. The van der Waals surface area contributed by atoms with Crippen molar-refractivity contribution in [2.45, 2.75) is 17.6 Å². The van der Waals surface area contributed by atoms with Crippen LogP contribution >= 0.6 is 11.8 Å². The van der Waals surface area contributed by atoms with Gasteiger partial charge in [0.1, 0.15) is 6.04 Å². The molecule has 0 fully saturated rings. The fraction of sp³-hybridized carbons (Fsp3) is 0.214. The van der Waals surface area contributed by atoms with Crippen LogP contribution in [0.15, 0.2) is 77.8 Å². The summed E-state index contributed by atoms with van der Waals surface area (Å²) in [5.74, 6) is 0.832. The summed E-state index contributed by atoms with van der Waals surface area (Å²) < 4.78 is 13.0. The van der Waals surface area contributed by atoms with Gasteiger partial charge in [0.2, 0.25) is 11.8 Å². The van der Waals surface area contributed by atoms with Crippen LogP contribution in [-0.4, -0.2) is 36.4 Å². The molecule has 5 rings (SSSR count). The summed E-state index contributed by atoms with van der Waals surface area (Å²) >= 11 is 1.46. The van der Waals surface area contributed by atoms with Crippen molar-refractivity contribution in [2.75, 3.05) is 24.9 Å². The summed E-state index contributed by atoms with van der Waals surface area (Å²) in [5, 5.41) is 4.93. The normalized spacial score (nSPS) is 15.4. The number of hydrogen-bond donors (Lipinski definition) is 1. The molecular weight excluding hydrogens is 474 g/mol. The smallest absolute Gasteiger partial charge is 0.248 e. The van der Waals surface area contributed by atoms with Gasteiger partial charge in [0, 0.05) is 41.8 Å². The maximum atomic E-state index is 14.0. The second-order valence-corrected chi connectivity index (χ2v) is 9.46. The highest BCUT2D eigenvalue weighted by Crippen LogP contribution is 2.44. The second kappa shape index (κ2) is 9.99. The Bertz CT molecular complexity index is 1430. The van der Waals surface area contributed by atoms with Crippen molar-refractivity contribution in [2.24, 2.45) is 7.05 Å². The van der Waals surface area contributed by atoms with E-state index in [0.29, 0.717) is 23.7 Å². The zero-order valence-corrected chi connectivity index (χ0v) is 21.2. The number of carbonyl (C=O) groups is 2. The van der Waals surface area contributed by atoms with E-state index < -0.39 is 6.04 Å². The number of ether oxygens (including phenoxy) is 2. The summed E-state index contributed by atoms with van der Waals surface area (Å²) in [7, 11) is 5.09. The van der Waals surface area contributed by atoms with Crippen molar-refractivity contribution >= 4 is 40.2 Å². The summed E-state index contributed by atoms with van der Waals surface area (Å²) in [6.07, 6.45) is 0. The molecule has 0 unspecified atom stereocenters. The van der Waals surface area contributed by atoms with Crippen LogP contribution in [0.3, 0.4) is 0 Å². The molecule has 8 heteroatoms. The number of nitrogens with zero attached hydrogens (tertiary/aromatic N) is 2. The van der Waals surface area contributed by atoms with Gasteiger partial charge in [-0.05, 0) is 23.8 Å². The number of anilines is 1. The van der Waals surface area contributed by atoms with Crippen molar-refractivity contribution in [1.82, 2.24) is 9.88 Å². The molecule has 0 radical (unpaired) electrons. The van der Waals surface area contributed by atoms with E-state index >= 15 is 0 Å². The van der Waals surface area contributed by atoms with Crippen molar-refractivity contribution in [3.63, 3.8) is 0 Å². The molecule has 0 saturated carbocycles. The largest absolute Gasteiger partial charge is 0.493 e. The third-order valence-corrected chi connectivity index (χ3v) is 7.59. The topological polar surface area (TPSA) is 72.8 Å². The van der Waals surface area contributed by atoms with Crippen LogP contribution in [0.2, 0.25) is 0 Å². The van der Waals surface area contributed by atoms with E-state index in [4.69, 9.17) is 9.47 Å². The third kappa shape index (κ3) is 4.18. The van der Waals surface area contributed by atoms with E-state index in [-0.39, 0.29) is 17.6 Å². The third-order valence-electron chi connectivity index (χ3n) is 6.43. The van der Waals surface area contributed by atoms with Crippen molar-refractivity contribution < 1.29 is 19.1 Å². The fourth-order valence-corrected chi connectivity index (χ4v) is 5.78. The van der Waals surface area contributed by atoms with E-state index in [1.807, 2.05) is 61.6 Å². The Kier molecular flexibility index (Phi) is 6.61. The predicted octanol–water partition coefficient (Wildman–Crippen LogP) is 4.69. The molecule has 1 aliphatic rings. The molecule has 184 valence electrons. The summed E-state index contributed by atoms with van der Waals surface area (Å²) in [5.41, 5.74) is 3.39. The predicted molar refractivity (Wildman–Crippen MR) is 142 cm³/mol. The maximum Gasteiger partial charge on any atom is 0.248 e. The number of para-hydroxylation sites is 1. The van der Waals surface area contributed by atoms with Crippen LogP contribution in [0.25, 0.3) is 10.9 Å². The van der Waals surface area contributed by atoms with Crippen LogP contribution in [0.1, 0.15) is 17.2 Å². The quantitative estimate of drug-likeness (QED) is 0.415. The first-order valence-corrected chi connectivity index (χ1v) is 12.6. The Morgan fingerprint density at radius 2 is 1.72 bits per heavy atom. The zero-order chi connectivity index (χ0) is 25.2. The minimum absolute atomic E-state index is 0.160. The molecule has 1 atom stereocenters. The molecule has 2 heterocycles. The van der Waals surface area contributed by atoms with E-state index in [1.54, 1.807) is 37.3 Å². The first kappa shape index (κ1) is 23.8. The molecule has 7 nitrogen and oxygen atoms in total. The molecule has 0 aliphatic carbocycles. The Morgan fingerprint density at radius 1 is 1.00 bits per heavy atom. The number of benzene rings is 3. The molecule has 0 spiro atoms. The van der Waals surface area contributed by atoms with Gasteiger partial charge in [-0.25, -0.2) is 0 Å². The van der Waals surface area contributed by atoms with Gasteiger partial charge in [0.15, 0.2) is 11.5 Å². The van der Waals surface area contributed by atoms with Crippen molar-refractivity contribution in [3.05, 3.63) is 83.9 Å². The molecule has 3 aromatic carbocycles. The standard InChI is InChI=1S/C28H27N3O4S/c1-30-21-12-8-7-11-20(21)25-26(27(33)29-16-18-9-5-4-6-10-18)31(24(32)17-36-28(25)30)19-13-14-22(34-2)23(15-19)35-3/h4-15,26H,16-17H2,1-3H3,(H,29,33)/t26-/m1/s1. The van der Waals surface area contributed by atoms with Gasteiger partial charge < -0.3 is 19.4 Å². The Balaban J connectivity index is 1.66. The molecule has 2 amide bonds. The number of methoxy groups -OCH3 is 2. The lowest BCUT2D eigenvalue weighted by Gasteiger charge is -2.30. The van der Waals surface area contributed by atoms with E-state index in [1.165, 1.54) is 11.8 Å². The summed E-state index contributed by atoms with van der Waals surface area (Å²) in [6.45, 7) is 0.359. The van der Waals surface area contributed by atoms with Gasteiger partial charge in [0.05, 0.1) is 25.0 Å². The minimum atomic E-state index is -0.865.